The molecule has 1 aromatic heterocycles. The van der Waals surface area contributed by atoms with Crippen LogP contribution >= 0.6 is 0 Å². The molecule has 0 aliphatic rings. The van der Waals surface area contributed by atoms with Gasteiger partial charge in [-0.25, -0.2) is 4.68 Å². The van der Waals surface area contributed by atoms with Crippen LogP contribution in [0.15, 0.2) is 30.5 Å². The number of aromatic nitrogens is 2. The lowest BCUT2D eigenvalue weighted by Gasteiger charge is -2.06. The van der Waals surface area contributed by atoms with Crippen LogP contribution in [0.3, 0.4) is 0 Å². The minimum atomic E-state index is -0.429. The van der Waals surface area contributed by atoms with Crippen molar-refractivity contribution in [3.8, 4) is 5.69 Å². The maximum atomic E-state index is 10.7. The molecule has 2 aromatic rings. The molecule has 6 heteroatoms. The first-order chi connectivity index (χ1) is 8.13. The Labute approximate surface area is 97.8 Å². The zero-order chi connectivity index (χ0) is 12.4. The Kier molecular flexibility index (Phi) is 2.78. The van der Waals surface area contributed by atoms with Gasteiger partial charge >= 0.3 is 0 Å². The second kappa shape index (κ2) is 4.25. The predicted octanol–water partition coefficient (Wildman–Crippen LogP) is 1.93. The lowest BCUT2D eigenvalue weighted by Crippen LogP contribution is -2.03. The lowest BCUT2D eigenvalue weighted by atomic mass is 10.2. The Morgan fingerprint density at radius 2 is 2.29 bits per heavy atom. The first-order valence-corrected chi connectivity index (χ1v) is 5.20. The number of hydrogen-bond acceptors (Lipinski definition) is 4. The number of benzene rings is 1. The smallest absolute Gasteiger partial charge is 0.271 e. The van der Waals surface area contributed by atoms with Crippen molar-refractivity contribution in [1.82, 2.24) is 9.78 Å². The molecule has 0 saturated carbocycles. The Morgan fingerprint density at radius 1 is 1.53 bits per heavy atom. The largest absolute Gasteiger partial charge is 0.396 e. The summed E-state index contributed by atoms with van der Waals surface area (Å²) in [6, 6.07) is 6.32. The van der Waals surface area contributed by atoms with Gasteiger partial charge in [0.05, 0.1) is 28.2 Å². The molecule has 0 amide bonds. The average Bonchev–Trinajstić information content (AvgIpc) is 2.70. The van der Waals surface area contributed by atoms with E-state index in [0.29, 0.717) is 17.8 Å². The average molecular weight is 232 g/mol. The van der Waals surface area contributed by atoms with Gasteiger partial charge in [-0.2, -0.15) is 5.10 Å². The fourth-order valence-electron chi connectivity index (χ4n) is 1.70. The number of nitrogen functional groups attached to an aromatic ring is 1. The third-order valence-electron chi connectivity index (χ3n) is 2.52. The number of nitro benzene ring substituents is 1. The molecule has 0 aliphatic heterocycles. The minimum absolute atomic E-state index is 0.0404. The fourth-order valence-corrected chi connectivity index (χ4v) is 1.70. The molecule has 1 aromatic carbocycles. The first kappa shape index (κ1) is 11.1. The first-order valence-electron chi connectivity index (χ1n) is 5.20. The Morgan fingerprint density at radius 3 is 2.94 bits per heavy atom. The van der Waals surface area contributed by atoms with Gasteiger partial charge in [-0.3, -0.25) is 10.1 Å². The van der Waals surface area contributed by atoms with Crippen LogP contribution in [0.4, 0.5) is 11.4 Å². The number of nitrogens with zero attached hydrogens (tertiary/aromatic N) is 3. The highest BCUT2D eigenvalue weighted by Crippen LogP contribution is 2.20. The molecule has 1 heterocycles. The van der Waals surface area contributed by atoms with Crippen LogP contribution < -0.4 is 5.73 Å². The van der Waals surface area contributed by atoms with E-state index in [2.05, 4.69) is 5.10 Å². The van der Waals surface area contributed by atoms with Crippen LogP contribution in [0.5, 0.6) is 0 Å². The van der Waals surface area contributed by atoms with Gasteiger partial charge in [0.1, 0.15) is 0 Å². The molecule has 0 unspecified atom stereocenters. The maximum Gasteiger partial charge on any atom is 0.271 e. The van der Waals surface area contributed by atoms with Crippen LogP contribution in [0.1, 0.15) is 12.6 Å². The van der Waals surface area contributed by atoms with Crippen molar-refractivity contribution in [1.29, 1.82) is 0 Å². The highest BCUT2D eigenvalue weighted by molar-refractivity contribution is 5.49. The van der Waals surface area contributed by atoms with E-state index in [1.54, 1.807) is 23.0 Å². The van der Waals surface area contributed by atoms with Gasteiger partial charge in [-0.05, 0) is 12.5 Å². The molecule has 0 aliphatic carbocycles. The number of nitro groups is 1. The van der Waals surface area contributed by atoms with Crippen LogP contribution in [-0.4, -0.2) is 14.7 Å². The summed E-state index contributed by atoms with van der Waals surface area (Å²) in [5.41, 5.74) is 7.90. The Balaban J connectivity index is 2.52. The quantitative estimate of drug-likeness (QED) is 0.647. The molecule has 0 atom stereocenters. The molecule has 2 rings (SSSR count). The number of rotatable bonds is 3. The molecule has 0 saturated heterocycles. The van der Waals surface area contributed by atoms with E-state index >= 15 is 0 Å². The fraction of sp³-hybridized carbons (Fsp3) is 0.182. The second-order valence-electron chi connectivity index (χ2n) is 3.59. The zero-order valence-electron chi connectivity index (χ0n) is 9.33. The van der Waals surface area contributed by atoms with E-state index in [1.165, 1.54) is 12.1 Å². The van der Waals surface area contributed by atoms with Crippen molar-refractivity contribution in [2.24, 2.45) is 0 Å². The summed E-state index contributed by atoms with van der Waals surface area (Å²) >= 11 is 0. The van der Waals surface area contributed by atoms with Crippen molar-refractivity contribution >= 4 is 11.4 Å². The van der Waals surface area contributed by atoms with E-state index in [-0.39, 0.29) is 5.69 Å². The number of nitrogens with two attached hydrogens (primary N) is 1. The zero-order valence-corrected chi connectivity index (χ0v) is 9.33. The van der Waals surface area contributed by atoms with Crippen molar-refractivity contribution in [3.63, 3.8) is 0 Å². The third kappa shape index (κ3) is 1.96. The van der Waals surface area contributed by atoms with E-state index < -0.39 is 4.92 Å². The molecule has 88 valence electrons. The topological polar surface area (TPSA) is 87.0 Å². The minimum Gasteiger partial charge on any atom is -0.396 e. The van der Waals surface area contributed by atoms with Crippen LogP contribution in [0.25, 0.3) is 5.69 Å². The molecular formula is C11H12N4O2. The molecule has 0 spiro atoms. The van der Waals surface area contributed by atoms with Gasteiger partial charge in [0, 0.05) is 12.1 Å². The van der Waals surface area contributed by atoms with Gasteiger partial charge in [0.25, 0.3) is 5.69 Å². The molecular weight excluding hydrogens is 220 g/mol. The van der Waals surface area contributed by atoms with Crippen LogP contribution in [0.2, 0.25) is 0 Å². The number of hydrogen-bond donors (Lipinski definition) is 1. The highest BCUT2D eigenvalue weighted by Gasteiger charge is 2.11. The summed E-state index contributed by atoms with van der Waals surface area (Å²) in [7, 11) is 0. The second-order valence-corrected chi connectivity index (χ2v) is 3.59. The van der Waals surface area contributed by atoms with E-state index in [9.17, 15) is 10.1 Å². The van der Waals surface area contributed by atoms with Gasteiger partial charge in [0.2, 0.25) is 0 Å². The van der Waals surface area contributed by atoms with Gasteiger partial charge in [-0.1, -0.05) is 13.0 Å². The summed E-state index contributed by atoms with van der Waals surface area (Å²) in [5.74, 6) is 0. The van der Waals surface area contributed by atoms with Gasteiger partial charge in [-0.15, -0.1) is 0 Å². The molecule has 17 heavy (non-hydrogen) atoms. The normalized spacial score (nSPS) is 10.4. The maximum absolute atomic E-state index is 10.7. The van der Waals surface area contributed by atoms with Gasteiger partial charge in [0.15, 0.2) is 0 Å². The third-order valence-corrected chi connectivity index (χ3v) is 2.52. The predicted molar refractivity (Wildman–Crippen MR) is 64.0 cm³/mol. The Hall–Kier alpha value is -2.37. The summed E-state index contributed by atoms with van der Waals surface area (Å²) in [6.07, 6.45) is 2.27. The molecule has 6 nitrogen and oxygen atoms in total. The SMILES string of the molecule is CCc1c(N)cnn1-c1cccc([N+](=O)[O-])c1. The van der Waals surface area contributed by atoms with Crippen molar-refractivity contribution < 1.29 is 4.92 Å². The van der Waals surface area contributed by atoms with E-state index in [4.69, 9.17) is 5.73 Å². The van der Waals surface area contributed by atoms with Gasteiger partial charge < -0.3 is 5.73 Å². The number of non-ortho nitro benzene ring substituents is 1. The van der Waals surface area contributed by atoms with Crippen molar-refractivity contribution in [3.05, 3.63) is 46.3 Å². The molecule has 0 radical (unpaired) electrons. The molecule has 0 fully saturated rings. The molecule has 0 bridgehead atoms. The Bertz CT molecular complexity index is 562. The number of anilines is 1. The summed E-state index contributed by atoms with van der Waals surface area (Å²) < 4.78 is 1.63. The summed E-state index contributed by atoms with van der Waals surface area (Å²) in [6.45, 7) is 1.96. The van der Waals surface area contributed by atoms with Crippen LogP contribution in [-0.2, 0) is 6.42 Å². The summed E-state index contributed by atoms with van der Waals surface area (Å²) in [5, 5.41) is 14.8. The highest BCUT2D eigenvalue weighted by atomic mass is 16.6. The van der Waals surface area contributed by atoms with Crippen molar-refractivity contribution in [2.75, 3.05) is 5.73 Å². The van der Waals surface area contributed by atoms with Crippen LogP contribution in [0, 0.1) is 10.1 Å². The van der Waals surface area contributed by atoms with E-state index in [1.807, 2.05) is 6.92 Å². The standard InChI is InChI=1S/C11H12N4O2/c1-2-11-10(12)7-13-14(11)8-4-3-5-9(6-8)15(16)17/h3-7H,2,12H2,1H3. The monoisotopic (exact) mass is 232 g/mol. The van der Waals surface area contributed by atoms with E-state index in [0.717, 1.165) is 5.69 Å². The summed E-state index contributed by atoms with van der Waals surface area (Å²) in [4.78, 5) is 10.3. The van der Waals surface area contributed by atoms with Crippen molar-refractivity contribution in [2.45, 2.75) is 13.3 Å². The molecule has 2 N–H and O–H groups in total. The lowest BCUT2D eigenvalue weighted by molar-refractivity contribution is -0.384.